The Morgan fingerprint density at radius 1 is 1.09 bits per heavy atom. The van der Waals surface area contributed by atoms with E-state index in [1.165, 1.54) is 16.7 Å². The van der Waals surface area contributed by atoms with Gasteiger partial charge in [0.2, 0.25) is 5.91 Å². The van der Waals surface area contributed by atoms with Crippen LogP contribution in [0.4, 0.5) is 10.1 Å². The number of halogens is 2. The summed E-state index contributed by atoms with van der Waals surface area (Å²) in [6.07, 6.45) is 0. The van der Waals surface area contributed by atoms with Crippen LogP contribution in [0.1, 0.15) is 11.3 Å². The van der Waals surface area contributed by atoms with E-state index in [1.807, 2.05) is 0 Å². The van der Waals surface area contributed by atoms with E-state index in [0.29, 0.717) is 21.4 Å². The van der Waals surface area contributed by atoms with Crippen LogP contribution in [0.25, 0.3) is 16.7 Å². The van der Waals surface area contributed by atoms with Crippen LogP contribution in [0, 0.1) is 19.7 Å². The first kappa shape index (κ1) is 21.6. The van der Waals surface area contributed by atoms with Crippen LogP contribution in [0.5, 0.6) is 0 Å². The maximum atomic E-state index is 14.1. The molecule has 0 fully saturated rings. The maximum absolute atomic E-state index is 14.1. The normalized spacial score (nSPS) is 11.0. The quantitative estimate of drug-likeness (QED) is 0.466. The number of aromatic nitrogens is 3. The molecule has 32 heavy (non-hydrogen) atoms. The molecule has 2 aromatic heterocycles. The number of amides is 1. The molecule has 2 aromatic carbocycles. The number of anilines is 1. The van der Waals surface area contributed by atoms with Gasteiger partial charge in [0.25, 0.3) is 5.56 Å². The number of carbonyl (C=O) groups excluding carboxylic acids is 1. The van der Waals surface area contributed by atoms with Crippen molar-refractivity contribution in [3.63, 3.8) is 0 Å². The summed E-state index contributed by atoms with van der Waals surface area (Å²) in [5, 5.41) is 2.65. The van der Waals surface area contributed by atoms with Gasteiger partial charge >= 0.3 is 5.69 Å². The van der Waals surface area contributed by atoms with E-state index in [2.05, 4.69) is 26.2 Å². The highest BCUT2D eigenvalue weighted by molar-refractivity contribution is 9.10. The van der Waals surface area contributed by atoms with Gasteiger partial charge < -0.3 is 5.32 Å². The first-order chi connectivity index (χ1) is 15.3. The van der Waals surface area contributed by atoms with E-state index < -0.39 is 29.5 Å². The number of para-hydroxylation sites is 1. The second-order valence-electron chi connectivity index (χ2n) is 7.30. The van der Waals surface area contributed by atoms with Crippen LogP contribution in [-0.2, 0) is 11.3 Å². The summed E-state index contributed by atoms with van der Waals surface area (Å²) in [5.41, 5.74) is 0.623. The zero-order valence-corrected chi connectivity index (χ0v) is 18.8. The monoisotopic (exact) mass is 496 g/mol. The van der Waals surface area contributed by atoms with Crippen LogP contribution in [0.2, 0.25) is 0 Å². The third-order valence-electron chi connectivity index (χ3n) is 4.94. The Bertz CT molecular complexity index is 1480. The van der Waals surface area contributed by atoms with Gasteiger partial charge in [0.15, 0.2) is 5.65 Å². The zero-order valence-electron chi connectivity index (χ0n) is 17.2. The van der Waals surface area contributed by atoms with Gasteiger partial charge in [0.1, 0.15) is 12.4 Å². The molecule has 0 aliphatic carbocycles. The molecule has 162 valence electrons. The summed E-state index contributed by atoms with van der Waals surface area (Å²) < 4.78 is 16.8. The van der Waals surface area contributed by atoms with Crippen molar-refractivity contribution < 1.29 is 9.18 Å². The molecule has 7 nitrogen and oxygen atoms in total. The fourth-order valence-electron chi connectivity index (χ4n) is 3.55. The molecule has 0 saturated carbocycles. The molecular formula is C23H18BrFN4O3. The number of pyridine rings is 1. The minimum Gasteiger partial charge on any atom is -0.322 e. The molecule has 9 heteroatoms. The van der Waals surface area contributed by atoms with Crippen LogP contribution in [-0.4, -0.2) is 20.0 Å². The van der Waals surface area contributed by atoms with Crippen LogP contribution in [0.15, 0.2) is 68.7 Å². The van der Waals surface area contributed by atoms with Gasteiger partial charge in [-0.1, -0.05) is 34.1 Å². The van der Waals surface area contributed by atoms with Gasteiger partial charge in [-0.3, -0.25) is 9.59 Å². The van der Waals surface area contributed by atoms with Crippen LogP contribution >= 0.6 is 15.9 Å². The predicted molar refractivity (Wildman–Crippen MR) is 124 cm³/mol. The fraction of sp³-hybridized carbons (Fsp3) is 0.130. The number of benzene rings is 2. The molecule has 2 heterocycles. The van der Waals surface area contributed by atoms with Crippen molar-refractivity contribution in [3.05, 3.63) is 97.0 Å². The first-order valence-electron chi connectivity index (χ1n) is 9.70. The van der Waals surface area contributed by atoms with Crippen molar-refractivity contribution >= 4 is 38.6 Å². The van der Waals surface area contributed by atoms with Crippen molar-refractivity contribution in [1.29, 1.82) is 0 Å². The van der Waals surface area contributed by atoms with Crippen molar-refractivity contribution in [1.82, 2.24) is 14.1 Å². The predicted octanol–water partition coefficient (Wildman–Crippen LogP) is 3.70. The van der Waals surface area contributed by atoms with E-state index in [0.717, 1.165) is 4.57 Å². The Morgan fingerprint density at radius 2 is 1.81 bits per heavy atom. The largest absolute Gasteiger partial charge is 0.337 e. The average molecular weight is 497 g/mol. The summed E-state index contributed by atoms with van der Waals surface area (Å²) in [6, 6.07) is 14.7. The van der Waals surface area contributed by atoms with Crippen molar-refractivity contribution in [2.75, 3.05) is 5.32 Å². The highest BCUT2D eigenvalue weighted by atomic mass is 79.9. The van der Waals surface area contributed by atoms with Gasteiger partial charge in [0.05, 0.1) is 16.8 Å². The summed E-state index contributed by atoms with van der Waals surface area (Å²) in [7, 11) is 0. The Labute approximate surface area is 190 Å². The van der Waals surface area contributed by atoms with Crippen LogP contribution < -0.4 is 16.6 Å². The number of nitrogens with one attached hydrogen (secondary N) is 1. The van der Waals surface area contributed by atoms with Gasteiger partial charge in [0, 0.05) is 10.2 Å². The number of hydrogen-bond donors (Lipinski definition) is 1. The summed E-state index contributed by atoms with van der Waals surface area (Å²) in [5.74, 6) is -1.35. The molecule has 4 rings (SSSR count). The third kappa shape index (κ3) is 3.99. The zero-order chi connectivity index (χ0) is 23.0. The highest BCUT2D eigenvalue weighted by Gasteiger charge is 2.20. The Hall–Kier alpha value is -3.59. The lowest BCUT2D eigenvalue weighted by molar-refractivity contribution is -0.116. The average Bonchev–Trinajstić information content (AvgIpc) is 2.73. The number of fused-ring (bicyclic) bond motifs is 1. The van der Waals surface area contributed by atoms with Crippen molar-refractivity contribution in [3.8, 4) is 5.69 Å². The molecule has 0 aliphatic rings. The van der Waals surface area contributed by atoms with E-state index >= 15 is 0 Å². The molecule has 0 bridgehead atoms. The fourth-order valence-corrected chi connectivity index (χ4v) is 3.88. The molecule has 1 amide bonds. The number of rotatable bonds is 4. The smallest absolute Gasteiger partial charge is 0.322 e. The van der Waals surface area contributed by atoms with Gasteiger partial charge in [-0.25, -0.2) is 23.3 Å². The minimum atomic E-state index is -0.711. The number of aryl methyl sites for hydroxylation is 2. The molecule has 0 spiro atoms. The van der Waals surface area contributed by atoms with E-state index in [4.69, 9.17) is 0 Å². The highest BCUT2D eigenvalue weighted by Crippen LogP contribution is 2.20. The topological polar surface area (TPSA) is 86.0 Å². The van der Waals surface area contributed by atoms with E-state index in [9.17, 15) is 18.8 Å². The minimum absolute atomic E-state index is 0.0519. The second-order valence-corrected chi connectivity index (χ2v) is 8.21. The molecular weight excluding hydrogens is 479 g/mol. The molecule has 0 radical (unpaired) electrons. The first-order valence-corrected chi connectivity index (χ1v) is 10.5. The van der Waals surface area contributed by atoms with E-state index in [1.54, 1.807) is 56.3 Å². The molecule has 1 N–H and O–H groups in total. The number of hydrogen-bond acceptors (Lipinski definition) is 4. The van der Waals surface area contributed by atoms with Gasteiger partial charge in [-0.15, -0.1) is 0 Å². The Balaban J connectivity index is 1.87. The van der Waals surface area contributed by atoms with E-state index in [-0.39, 0.29) is 16.7 Å². The van der Waals surface area contributed by atoms with Gasteiger partial charge in [-0.2, -0.15) is 0 Å². The Kier molecular flexibility index (Phi) is 5.75. The molecule has 4 aromatic rings. The third-order valence-corrected chi connectivity index (χ3v) is 5.43. The number of carbonyl (C=O) groups is 1. The van der Waals surface area contributed by atoms with Crippen LogP contribution in [0.3, 0.4) is 0 Å². The summed E-state index contributed by atoms with van der Waals surface area (Å²) in [4.78, 5) is 43.6. The lowest BCUT2D eigenvalue weighted by Gasteiger charge is -2.15. The molecule has 0 unspecified atom stereocenters. The lowest BCUT2D eigenvalue weighted by atomic mass is 10.1. The molecule has 0 atom stereocenters. The van der Waals surface area contributed by atoms with Crippen molar-refractivity contribution in [2.24, 2.45) is 0 Å². The number of nitrogens with zero attached hydrogens (tertiary/aromatic N) is 3. The lowest BCUT2D eigenvalue weighted by Crippen LogP contribution is -2.42. The maximum Gasteiger partial charge on any atom is 0.337 e. The van der Waals surface area contributed by atoms with Gasteiger partial charge in [-0.05, 0) is 55.8 Å². The summed E-state index contributed by atoms with van der Waals surface area (Å²) >= 11 is 3.15. The molecule has 0 aliphatic heterocycles. The standard InChI is InChI=1S/C23H18BrFN4O3/c1-13-10-14(2)26-21-20(13)22(31)28(23(32)29(21)16-6-4-3-5-7-16)12-19(30)27-18-9-8-15(24)11-17(18)25/h3-11H,12H2,1-2H3,(H,27,30). The second kappa shape index (κ2) is 8.51. The van der Waals surface area contributed by atoms with Crippen molar-refractivity contribution in [2.45, 2.75) is 20.4 Å². The molecule has 0 saturated heterocycles. The summed E-state index contributed by atoms with van der Waals surface area (Å²) in [6.45, 7) is 2.95. The SMILES string of the molecule is Cc1cc(C)c2c(=O)n(CC(=O)Nc3ccc(Br)cc3F)c(=O)n(-c3ccccc3)c2n1. The Morgan fingerprint density at radius 3 is 2.50 bits per heavy atom.